The number of imide groups is 1. The summed E-state index contributed by atoms with van der Waals surface area (Å²) in [5.41, 5.74) is 0.715. The molecule has 2 heterocycles. The van der Waals surface area contributed by atoms with Crippen LogP contribution in [0.4, 0.5) is 4.79 Å². The number of cyclic esters (lactones) is 1. The van der Waals surface area contributed by atoms with Crippen molar-refractivity contribution in [1.29, 1.82) is 0 Å². The van der Waals surface area contributed by atoms with Crippen LogP contribution in [-0.2, 0) is 19.6 Å². The average Bonchev–Trinajstić information content (AvgIpc) is 3.14. The lowest BCUT2D eigenvalue weighted by Crippen LogP contribution is -2.42. The van der Waals surface area contributed by atoms with Crippen LogP contribution in [0.5, 0.6) is 5.75 Å². The van der Waals surface area contributed by atoms with Crippen LogP contribution in [0.2, 0.25) is 0 Å². The molecule has 1 atom stereocenters. The molecule has 0 N–H and O–H groups in total. The van der Waals surface area contributed by atoms with E-state index < -0.39 is 28.1 Å². The predicted molar refractivity (Wildman–Crippen MR) is 83.1 cm³/mol. The van der Waals surface area contributed by atoms with Gasteiger partial charge in [-0.1, -0.05) is 0 Å². The van der Waals surface area contributed by atoms with Gasteiger partial charge in [-0.3, -0.25) is 4.79 Å². The predicted octanol–water partition coefficient (Wildman–Crippen LogP) is 0.745. The molecule has 2 aliphatic rings. The summed E-state index contributed by atoms with van der Waals surface area (Å²) < 4.78 is 36.7. The lowest BCUT2D eigenvalue weighted by molar-refractivity contribution is -0.127. The van der Waals surface area contributed by atoms with Crippen molar-refractivity contribution in [2.45, 2.75) is 24.3 Å². The Balaban J connectivity index is 1.80. The minimum absolute atomic E-state index is 0.0776. The molecule has 0 aromatic heterocycles. The number of sulfonamides is 1. The zero-order valence-corrected chi connectivity index (χ0v) is 14.2. The second-order valence-electron chi connectivity index (χ2n) is 5.76. The number of rotatable bonds is 4. The fourth-order valence-electron chi connectivity index (χ4n) is 3.02. The van der Waals surface area contributed by atoms with Crippen LogP contribution in [0.25, 0.3) is 0 Å². The maximum Gasteiger partial charge on any atom is 0.417 e. The highest BCUT2D eigenvalue weighted by Crippen LogP contribution is 2.28. The molecule has 0 aliphatic carbocycles. The maximum absolute atomic E-state index is 12.8. The van der Waals surface area contributed by atoms with Crippen LogP contribution in [0.15, 0.2) is 23.1 Å². The van der Waals surface area contributed by atoms with Gasteiger partial charge in [-0.25, -0.2) is 18.1 Å². The van der Waals surface area contributed by atoms with E-state index in [1.54, 1.807) is 19.1 Å². The van der Waals surface area contributed by atoms with Crippen LogP contribution in [0.3, 0.4) is 0 Å². The van der Waals surface area contributed by atoms with Gasteiger partial charge in [-0.15, -0.1) is 0 Å². The number of carbonyl (C=O) groups excluding carboxylic acids is 2. The molecule has 3 rings (SSSR count). The number of amides is 2. The van der Waals surface area contributed by atoms with Gasteiger partial charge >= 0.3 is 6.09 Å². The molecule has 0 bridgehead atoms. The molecule has 0 radical (unpaired) electrons. The number of hydrogen-bond acceptors (Lipinski definition) is 6. The number of methoxy groups -OCH3 is 1. The summed E-state index contributed by atoms with van der Waals surface area (Å²) in [6.07, 6.45) is -0.306. The van der Waals surface area contributed by atoms with Gasteiger partial charge in [0.15, 0.2) is 6.61 Å². The topological polar surface area (TPSA) is 93.2 Å². The Kier molecular flexibility index (Phi) is 4.22. The second kappa shape index (κ2) is 6.06. The van der Waals surface area contributed by atoms with Gasteiger partial charge in [-0.2, -0.15) is 4.31 Å². The van der Waals surface area contributed by atoms with E-state index in [2.05, 4.69) is 0 Å². The molecule has 9 heteroatoms. The number of ether oxygens (including phenoxy) is 2. The molecule has 1 aromatic rings. The monoisotopic (exact) mass is 354 g/mol. The maximum atomic E-state index is 12.8. The molecular weight excluding hydrogens is 336 g/mol. The van der Waals surface area contributed by atoms with Crippen LogP contribution in [-0.4, -0.2) is 62.5 Å². The van der Waals surface area contributed by atoms with Crippen LogP contribution in [0, 0.1) is 6.92 Å². The Labute approximate surface area is 140 Å². The van der Waals surface area contributed by atoms with Gasteiger partial charge in [0.25, 0.3) is 5.91 Å². The highest BCUT2D eigenvalue weighted by Gasteiger charge is 2.43. The van der Waals surface area contributed by atoms with Crippen molar-refractivity contribution >= 4 is 22.0 Å². The van der Waals surface area contributed by atoms with E-state index in [4.69, 9.17) is 9.47 Å². The molecule has 130 valence electrons. The van der Waals surface area contributed by atoms with Crippen molar-refractivity contribution < 1.29 is 27.5 Å². The molecule has 2 aliphatic heterocycles. The summed E-state index contributed by atoms with van der Waals surface area (Å²) in [6, 6.07) is 4.17. The molecule has 1 aromatic carbocycles. The summed E-state index contributed by atoms with van der Waals surface area (Å²) in [7, 11) is -2.17. The Bertz CT molecular complexity index is 775. The molecule has 2 saturated heterocycles. The fraction of sp³-hybridized carbons (Fsp3) is 0.467. The molecule has 2 fully saturated rings. The van der Waals surface area contributed by atoms with E-state index in [0.717, 1.165) is 4.90 Å². The fourth-order valence-corrected chi connectivity index (χ4v) is 4.60. The molecule has 24 heavy (non-hydrogen) atoms. The Hall–Kier alpha value is -2.13. The number of benzene rings is 1. The lowest BCUT2D eigenvalue weighted by Gasteiger charge is -2.20. The molecule has 1 unspecified atom stereocenters. The highest BCUT2D eigenvalue weighted by atomic mass is 32.2. The first kappa shape index (κ1) is 16.7. The Morgan fingerprint density at radius 2 is 2.04 bits per heavy atom. The first-order chi connectivity index (χ1) is 11.3. The number of nitrogens with zero attached hydrogens (tertiary/aromatic N) is 2. The summed E-state index contributed by atoms with van der Waals surface area (Å²) in [5.74, 6) is 0.184. The van der Waals surface area contributed by atoms with Gasteiger partial charge in [-0.05, 0) is 37.1 Å². The van der Waals surface area contributed by atoms with Crippen LogP contribution in [0.1, 0.15) is 12.0 Å². The summed E-state index contributed by atoms with van der Waals surface area (Å²) in [5, 5.41) is 0. The largest absolute Gasteiger partial charge is 0.496 e. The van der Waals surface area contributed by atoms with E-state index in [1.807, 2.05) is 0 Å². The van der Waals surface area contributed by atoms with Crippen molar-refractivity contribution in [1.82, 2.24) is 9.21 Å². The minimum Gasteiger partial charge on any atom is -0.496 e. The minimum atomic E-state index is -3.70. The van der Waals surface area contributed by atoms with E-state index in [-0.39, 0.29) is 24.6 Å². The quantitative estimate of drug-likeness (QED) is 0.792. The van der Waals surface area contributed by atoms with E-state index in [9.17, 15) is 18.0 Å². The molecule has 0 saturated carbocycles. The van der Waals surface area contributed by atoms with Crippen LogP contribution >= 0.6 is 0 Å². The normalized spacial score (nSPS) is 22.1. The van der Waals surface area contributed by atoms with Crippen molar-refractivity contribution in [3.8, 4) is 5.75 Å². The smallest absolute Gasteiger partial charge is 0.417 e. The van der Waals surface area contributed by atoms with Crippen molar-refractivity contribution in [2.24, 2.45) is 0 Å². The summed E-state index contributed by atoms with van der Waals surface area (Å²) in [4.78, 5) is 24.5. The van der Waals surface area contributed by atoms with Crippen molar-refractivity contribution in [2.75, 3.05) is 26.8 Å². The van der Waals surface area contributed by atoms with Gasteiger partial charge in [0.2, 0.25) is 10.0 Å². The van der Waals surface area contributed by atoms with Gasteiger partial charge in [0.1, 0.15) is 5.75 Å². The standard InChI is InChI=1S/C15H18N2O6S/c1-10-7-12(3-4-13(10)22-2)24(20,21)16-6-5-11(8-16)17-14(18)9-23-15(17)19/h3-4,7,11H,5-6,8-9H2,1-2H3. The number of aryl methyl sites for hydroxylation is 1. The first-order valence-electron chi connectivity index (χ1n) is 7.48. The van der Waals surface area contributed by atoms with E-state index in [1.165, 1.54) is 17.5 Å². The van der Waals surface area contributed by atoms with Crippen LogP contribution < -0.4 is 4.74 Å². The second-order valence-corrected chi connectivity index (χ2v) is 7.69. The summed E-state index contributed by atoms with van der Waals surface area (Å²) >= 11 is 0. The first-order valence-corrected chi connectivity index (χ1v) is 8.92. The average molecular weight is 354 g/mol. The highest BCUT2D eigenvalue weighted by molar-refractivity contribution is 7.89. The summed E-state index contributed by atoms with van der Waals surface area (Å²) in [6.45, 7) is 1.81. The molecule has 0 spiro atoms. The van der Waals surface area contributed by atoms with E-state index >= 15 is 0 Å². The van der Waals surface area contributed by atoms with Gasteiger partial charge in [0.05, 0.1) is 18.0 Å². The molecular formula is C15H18N2O6S. The zero-order chi connectivity index (χ0) is 17.5. The van der Waals surface area contributed by atoms with Gasteiger partial charge < -0.3 is 9.47 Å². The molecule has 8 nitrogen and oxygen atoms in total. The zero-order valence-electron chi connectivity index (χ0n) is 13.4. The van der Waals surface area contributed by atoms with Crippen molar-refractivity contribution in [3.05, 3.63) is 23.8 Å². The SMILES string of the molecule is COc1ccc(S(=O)(=O)N2CCC(N3C(=O)COC3=O)C2)cc1C. The third-order valence-electron chi connectivity index (χ3n) is 4.28. The van der Waals surface area contributed by atoms with Crippen molar-refractivity contribution in [3.63, 3.8) is 0 Å². The Morgan fingerprint density at radius 1 is 1.29 bits per heavy atom. The third-order valence-corrected chi connectivity index (χ3v) is 6.14. The van der Waals surface area contributed by atoms with E-state index in [0.29, 0.717) is 17.7 Å². The number of hydrogen-bond donors (Lipinski definition) is 0. The third kappa shape index (κ3) is 2.73. The lowest BCUT2D eigenvalue weighted by atomic mass is 10.2. The van der Waals surface area contributed by atoms with Gasteiger partial charge in [0, 0.05) is 13.1 Å². The number of carbonyl (C=O) groups is 2. The molecule has 2 amide bonds. The Morgan fingerprint density at radius 3 is 2.62 bits per heavy atom.